The van der Waals surface area contributed by atoms with Gasteiger partial charge in [-0.3, -0.25) is 20.2 Å². The minimum absolute atomic E-state index is 0. The summed E-state index contributed by atoms with van der Waals surface area (Å²) in [5.41, 5.74) is 3.51. The average Bonchev–Trinajstić information content (AvgIpc) is 3.36. The van der Waals surface area contributed by atoms with Crippen LogP contribution in [0.4, 0.5) is 0 Å². The molecule has 0 atom stereocenters. The van der Waals surface area contributed by atoms with Gasteiger partial charge in [0.2, 0.25) is 0 Å². The molecular formula is C21H20N6Pt. The fourth-order valence-electron chi connectivity index (χ4n) is 3.00. The molecule has 0 saturated carbocycles. The largest absolute Gasteiger partial charge is 2.00 e. The Balaban J connectivity index is 0.00000225. The molecule has 6 nitrogen and oxygen atoms in total. The predicted molar refractivity (Wildman–Crippen MR) is 102 cm³/mol. The topological polar surface area (TPSA) is 61.4 Å². The fraction of sp³-hybridized carbons (Fsp3) is 0.238. The number of aromatic nitrogens is 6. The van der Waals surface area contributed by atoms with Gasteiger partial charge in [-0.2, -0.15) is 0 Å². The number of aryl methyl sites for hydroxylation is 2. The minimum atomic E-state index is -0.398. The number of nitrogens with zero attached hydrogens (tertiary/aromatic N) is 6. The first-order valence-electron chi connectivity index (χ1n) is 8.77. The average molecular weight is 552 g/mol. The second-order valence-corrected chi connectivity index (χ2v) is 7.04. The van der Waals surface area contributed by atoms with Gasteiger partial charge >= 0.3 is 21.1 Å². The van der Waals surface area contributed by atoms with E-state index in [9.17, 15) is 0 Å². The van der Waals surface area contributed by atoms with Crippen molar-refractivity contribution >= 4 is 0 Å². The summed E-state index contributed by atoms with van der Waals surface area (Å²) in [7, 11) is 0. The summed E-state index contributed by atoms with van der Waals surface area (Å²) < 4.78 is 3.34. The SMILES string of the molecule is Cc1ccc(C(C)(C)c2ccc(C)c(-n3[c-]ccn3)n2)nc1-n1[c-]ccn1.[Pt+2]. The van der Waals surface area contributed by atoms with Crippen molar-refractivity contribution in [1.82, 2.24) is 29.5 Å². The summed E-state index contributed by atoms with van der Waals surface area (Å²) in [6.07, 6.45) is 9.52. The van der Waals surface area contributed by atoms with Crippen LogP contribution in [-0.4, -0.2) is 29.5 Å². The summed E-state index contributed by atoms with van der Waals surface area (Å²) in [5, 5.41) is 8.54. The van der Waals surface area contributed by atoms with Gasteiger partial charge < -0.3 is 9.36 Å². The molecule has 4 aromatic heterocycles. The van der Waals surface area contributed by atoms with Gasteiger partial charge in [0, 0.05) is 16.8 Å². The van der Waals surface area contributed by atoms with Crippen LogP contribution in [0.3, 0.4) is 0 Å². The molecule has 4 heterocycles. The van der Waals surface area contributed by atoms with E-state index in [4.69, 9.17) is 9.97 Å². The minimum Gasteiger partial charge on any atom is -0.343 e. The normalized spacial score (nSPS) is 11.3. The maximum atomic E-state index is 4.88. The molecule has 0 bridgehead atoms. The van der Waals surface area contributed by atoms with Gasteiger partial charge in [-0.05, 0) is 39.8 Å². The Kier molecular flexibility index (Phi) is 5.61. The third-order valence-electron chi connectivity index (χ3n) is 4.73. The molecule has 28 heavy (non-hydrogen) atoms. The molecule has 0 saturated heterocycles. The van der Waals surface area contributed by atoms with Crippen LogP contribution in [0.5, 0.6) is 0 Å². The number of pyridine rings is 2. The molecule has 0 unspecified atom stereocenters. The standard InChI is InChI=1S/C21H20N6.Pt/c1-15-7-9-17(24-19(15)26-13-5-11-22-26)21(3,4)18-10-8-16(2)20(25-18)27-14-6-12-23-27;/h5-12H,1-4H3;/q-2;+2. The molecule has 0 aliphatic heterocycles. The Bertz CT molecular complexity index is 983. The molecular weight excluding hydrogens is 531 g/mol. The molecule has 0 fully saturated rings. The van der Waals surface area contributed by atoms with Crippen LogP contribution in [0.2, 0.25) is 0 Å². The van der Waals surface area contributed by atoms with Crippen molar-refractivity contribution in [2.45, 2.75) is 33.1 Å². The number of hydrogen-bond acceptors (Lipinski definition) is 4. The van der Waals surface area contributed by atoms with Crippen molar-refractivity contribution in [2.75, 3.05) is 0 Å². The van der Waals surface area contributed by atoms with E-state index in [1.165, 1.54) is 0 Å². The second-order valence-electron chi connectivity index (χ2n) is 7.04. The van der Waals surface area contributed by atoms with Crippen LogP contribution >= 0.6 is 0 Å². The van der Waals surface area contributed by atoms with Crippen LogP contribution in [0.25, 0.3) is 11.6 Å². The third-order valence-corrected chi connectivity index (χ3v) is 4.73. The Labute approximate surface area is 178 Å². The van der Waals surface area contributed by atoms with E-state index in [-0.39, 0.29) is 21.1 Å². The maximum absolute atomic E-state index is 4.88. The summed E-state index contributed by atoms with van der Waals surface area (Å²) in [5.74, 6) is 1.55. The van der Waals surface area contributed by atoms with Gasteiger partial charge in [-0.1, -0.05) is 48.0 Å². The van der Waals surface area contributed by atoms with Crippen LogP contribution < -0.4 is 0 Å². The van der Waals surface area contributed by atoms with Gasteiger partial charge in [0.25, 0.3) is 0 Å². The quantitative estimate of drug-likeness (QED) is 0.365. The van der Waals surface area contributed by atoms with Gasteiger partial charge in [-0.15, -0.1) is 12.1 Å². The van der Waals surface area contributed by atoms with E-state index in [0.29, 0.717) is 0 Å². The molecule has 0 aliphatic carbocycles. The van der Waals surface area contributed by atoms with E-state index in [1.807, 2.05) is 26.0 Å². The molecule has 4 aromatic rings. The van der Waals surface area contributed by atoms with E-state index in [0.717, 1.165) is 34.2 Å². The molecule has 7 heteroatoms. The number of rotatable bonds is 4. The zero-order valence-corrected chi connectivity index (χ0v) is 18.4. The molecule has 4 rings (SSSR count). The summed E-state index contributed by atoms with van der Waals surface area (Å²) in [6, 6.07) is 11.8. The van der Waals surface area contributed by atoms with E-state index < -0.39 is 5.41 Å². The zero-order valence-electron chi connectivity index (χ0n) is 16.1. The van der Waals surface area contributed by atoms with Crippen molar-refractivity contribution in [3.8, 4) is 11.6 Å². The Morgan fingerprint density at radius 1 is 0.750 bits per heavy atom. The van der Waals surface area contributed by atoms with Crippen LogP contribution in [0.15, 0.2) is 48.8 Å². The van der Waals surface area contributed by atoms with Gasteiger partial charge in [0.15, 0.2) is 0 Å². The van der Waals surface area contributed by atoms with E-state index in [2.05, 4.69) is 48.6 Å². The van der Waals surface area contributed by atoms with E-state index in [1.54, 1.807) is 33.9 Å². The Hall–Kier alpha value is -2.59. The molecule has 0 radical (unpaired) electrons. The maximum Gasteiger partial charge on any atom is 2.00 e. The third kappa shape index (κ3) is 3.57. The van der Waals surface area contributed by atoms with Crippen molar-refractivity contribution < 1.29 is 21.1 Å². The smallest absolute Gasteiger partial charge is 0.343 e. The monoisotopic (exact) mass is 551 g/mol. The van der Waals surface area contributed by atoms with Crippen molar-refractivity contribution in [3.05, 3.63) is 83.7 Å². The predicted octanol–water partition coefficient (Wildman–Crippen LogP) is 3.39. The van der Waals surface area contributed by atoms with Crippen LogP contribution in [0, 0.1) is 26.2 Å². The zero-order chi connectivity index (χ0) is 19.0. The van der Waals surface area contributed by atoms with Gasteiger partial charge in [-0.25, -0.2) is 0 Å². The van der Waals surface area contributed by atoms with Crippen molar-refractivity contribution in [2.24, 2.45) is 0 Å². The van der Waals surface area contributed by atoms with Crippen molar-refractivity contribution in [3.63, 3.8) is 0 Å². The van der Waals surface area contributed by atoms with Crippen molar-refractivity contribution in [1.29, 1.82) is 0 Å². The van der Waals surface area contributed by atoms with Crippen LogP contribution in [0.1, 0.15) is 36.4 Å². The summed E-state index contributed by atoms with van der Waals surface area (Å²) in [6.45, 7) is 8.28. The summed E-state index contributed by atoms with van der Waals surface area (Å²) >= 11 is 0. The molecule has 0 aromatic carbocycles. The van der Waals surface area contributed by atoms with E-state index >= 15 is 0 Å². The first-order chi connectivity index (χ1) is 13.0. The first kappa shape index (κ1) is 20.2. The van der Waals surface area contributed by atoms with Crippen LogP contribution in [-0.2, 0) is 26.5 Å². The molecule has 0 aliphatic rings. The second kappa shape index (κ2) is 7.80. The Morgan fingerprint density at radius 2 is 1.18 bits per heavy atom. The summed E-state index contributed by atoms with van der Waals surface area (Å²) in [4.78, 5) is 9.75. The van der Waals surface area contributed by atoms with Gasteiger partial charge in [0.05, 0.1) is 11.6 Å². The molecule has 144 valence electrons. The first-order valence-corrected chi connectivity index (χ1v) is 8.77. The number of hydrogen-bond donors (Lipinski definition) is 0. The molecule has 0 amide bonds. The molecule has 0 spiro atoms. The Morgan fingerprint density at radius 3 is 1.54 bits per heavy atom. The molecule has 0 N–H and O–H groups in total. The van der Waals surface area contributed by atoms with Gasteiger partial charge in [0.1, 0.15) is 0 Å². The fourth-order valence-corrected chi connectivity index (χ4v) is 3.00.